The number of halogens is 1. The highest BCUT2D eigenvalue weighted by Gasteiger charge is 2.40. The second-order valence-corrected chi connectivity index (χ2v) is 9.82. The van der Waals surface area contributed by atoms with Crippen molar-refractivity contribution in [1.29, 1.82) is 0 Å². The van der Waals surface area contributed by atoms with E-state index in [2.05, 4.69) is 9.71 Å². The number of rotatable bonds is 6. The first kappa shape index (κ1) is 22.0. The monoisotopic (exact) mass is 469 g/mol. The standard InChI is InChI=1S/C23H20ClN3O4S/c1-14(2)16-5-7-17(8-6-16)32(30,31)26-19-10-9-18(24)20-21(19)23(29)27(22(20)28)13-15-4-3-11-25-12-15/h3-12,14,26H,13H2,1-2H3. The van der Waals surface area contributed by atoms with Crippen molar-refractivity contribution in [3.8, 4) is 0 Å². The first-order chi connectivity index (χ1) is 15.2. The van der Waals surface area contributed by atoms with Crippen LogP contribution in [-0.2, 0) is 16.6 Å². The summed E-state index contributed by atoms with van der Waals surface area (Å²) in [4.78, 5) is 31.1. The largest absolute Gasteiger partial charge is 0.279 e. The van der Waals surface area contributed by atoms with Crippen molar-refractivity contribution in [2.45, 2.75) is 31.2 Å². The summed E-state index contributed by atoms with van der Waals surface area (Å²) in [6, 6.07) is 12.7. The van der Waals surface area contributed by atoms with Crippen molar-refractivity contribution >= 4 is 39.1 Å². The van der Waals surface area contributed by atoms with Gasteiger partial charge in [-0.3, -0.25) is 24.2 Å². The number of anilines is 1. The molecule has 0 unspecified atom stereocenters. The molecule has 1 aromatic heterocycles. The van der Waals surface area contributed by atoms with E-state index < -0.39 is 21.8 Å². The topological polar surface area (TPSA) is 96.4 Å². The fraction of sp³-hybridized carbons (Fsp3) is 0.174. The number of benzene rings is 2. The number of hydrogen-bond donors (Lipinski definition) is 1. The van der Waals surface area contributed by atoms with Crippen LogP contribution in [0, 0.1) is 0 Å². The fourth-order valence-corrected chi connectivity index (χ4v) is 4.82. The zero-order valence-electron chi connectivity index (χ0n) is 17.4. The molecule has 1 aliphatic rings. The predicted octanol–water partition coefficient (Wildman–Crippen LogP) is 4.46. The van der Waals surface area contributed by atoms with Gasteiger partial charge in [-0.2, -0.15) is 0 Å². The molecule has 4 rings (SSSR count). The summed E-state index contributed by atoms with van der Waals surface area (Å²) in [5, 5.41) is 0.0799. The van der Waals surface area contributed by atoms with Gasteiger partial charge < -0.3 is 0 Å². The minimum Gasteiger partial charge on any atom is -0.279 e. The van der Waals surface area contributed by atoms with Crippen molar-refractivity contribution < 1.29 is 18.0 Å². The Morgan fingerprint density at radius 3 is 2.31 bits per heavy atom. The van der Waals surface area contributed by atoms with E-state index in [4.69, 9.17) is 11.6 Å². The van der Waals surface area contributed by atoms with Gasteiger partial charge in [-0.15, -0.1) is 0 Å². The molecule has 3 aromatic rings. The van der Waals surface area contributed by atoms with Crippen LogP contribution in [0.4, 0.5) is 5.69 Å². The number of carbonyl (C=O) groups excluding carboxylic acids is 2. The van der Waals surface area contributed by atoms with Crippen molar-refractivity contribution in [1.82, 2.24) is 9.88 Å². The Hall–Kier alpha value is -3.23. The number of fused-ring (bicyclic) bond motifs is 1. The zero-order valence-corrected chi connectivity index (χ0v) is 18.9. The highest BCUT2D eigenvalue weighted by molar-refractivity contribution is 7.92. The molecule has 0 spiro atoms. The molecule has 32 heavy (non-hydrogen) atoms. The summed E-state index contributed by atoms with van der Waals surface area (Å²) >= 11 is 6.22. The van der Waals surface area contributed by atoms with Crippen LogP contribution in [-0.4, -0.2) is 30.1 Å². The highest BCUT2D eigenvalue weighted by atomic mass is 35.5. The molecular weight excluding hydrogens is 450 g/mol. The molecule has 2 aromatic carbocycles. The van der Waals surface area contributed by atoms with Crippen LogP contribution >= 0.6 is 11.6 Å². The van der Waals surface area contributed by atoms with E-state index in [1.807, 2.05) is 13.8 Å². The highest BCUT2D eigenvalue weighted by Crippen LogP contribution is 2.36. The predicted molar refractivity (Wildman–Crippen MR) is 121 cm³/mol. The third-order valence-electron chi connectivity index (χ3n) is 5.24. The quantitative estimate of drug-likeness (QED) is 0.538. The number of carbonyl (C=O) groups is 2. The van der Waals surface area contributed by atoms with Crippen molar-refractivity contribution in [3.63, 3.8) is 0 Å². The Bertz CT molecular complexity index is 1310. The Labute approximate surface area is 191 Å². The van der Waals surface area contributed by atoms with Crippen LogP contribution in [0.15, 0.2) is 65.8 Å². The molecule has 2 amide bonds. The molecular formula is C23H20ClN3O4S. The van der Waals surface area contributed by atoms with Gasteiger partial charge in [-0.25, -0.2) is 8.42 Å². The van der Waals surface area contributed by atoms with Crippen LogP contribution < -0.4 is 4.72 Å². The molecule has 0 atom stereocenters. The molecule has 0 bridgehead atoms. The van der Waals surface area contributed by atoms with Gasteiger partial charge in [0.2, 0.25) is 0 Å². The third kappa shape index (κ3) is 3.99. The molecule has 164 valence electrons. The number of pyridine rings is 1. The number of aromatic nitrogens is 1. The smallest absolute Gasteiger partial charge is 0.264 e. The Balaban J connectivity index is 1.68. The van der Waals surface area contributed by atoms with Gasteiger partial charge in [0.05, 0.1) is 33.3 Å². The molecule has 1 N–H and O–H groups in total. The summed E-state index contributed by atoms with van der Waals surface area (Å²) in [6.07, 6.45) is 3.14. The summed E-state index contributed by atoms with van der Waals surface area (Å²) < 4.78 is 28.4. The van der Waals surface area contributed by atoms with E-state index in [-0.39, 0.29) is 39.2 Å². The average Bonchev–Trinajstić information content (AvgIpc) is 3.02. The zero-order chi connectivity index (χ0) is 23.0. The van der Waals surface area contributed by atoms with Gasteiger partial charge in [0, 0.05) is 12.4 Å². The van der Waals surface area contributed by atoms with E-state index >= 15 is 0 Å². The minimum absolute atomic E-state index is 0.000625. The van der Waals surface area contributed by atoms with E-state index in [9.17, 15) is 18.0 Å². The van der Waals surface area contributed by atoms with Crippen LogP contribution in [0.5, 0.6) is 0 Å². The molecule has 2 heterocycles. The molecule has 1 aliphatic heterocycles. The maximum atomic E-state index is 13.1. The number of nitrogens with zero attached hydrogens (tertiary/aromatic N) is 2. The van der Waals surface area contributed by atoms with Crippen molar-refractivity contribution in [2.24, 2.45) is 0 Å². The van der Waals surface area contributed by atoms with Gasteiger partial charge in [0.25, 0.3) is 21.8 Å². The Morgan fingerprint density at radius 2 is 1.69 bits per heavy atom. The summed E-state index contributed by atoms with van der Waals surface area (Å²) in [5.41, 5.74) is 1.59. The lowest BCUT2D eigenvalue weighted by atomic mass is 10.0. The lowest BCUT2D eigenvalue weighted by molar-refractivity contribution is 0.0642. The van der Waals surface area contributed by atoms with Gasteiger partial charge in [-0.05, 0) is 47.4 Å². The second-order valence-electron chi connectivity index (χ2n) is 7.73. The second kappa shape index (κ2) is 8.37. The number of sulfonamides is 1. The Kier molecular flexibility index (Phi) is 5.75. The van der Waals surface area contributed by atoms with Gasteiger partial charge in [-0.1, -0.05) is 43.6 Å². The number of hydrogen-bond acceptors (Lipinski definition) is 5. The first-order valence-electron chi connectivity index (χ1n) is 9.89. The number of amides is 2. The summed E-state index contributed by atoms with van der Waals surface area (Å²) in [6.45, 7) is 4.02. The lowest BCUT2D eigenvalue weighted by Crippen LogP contribution is -2.29. The molecule has 0 saturated heterocycles. The van der Waals surface area contributed by atoms with Crippen LogP contribution in [0.2, 0.25) is 5.02 Å². The minimum atomic E-state index is -3.99. The fourth-order valence-electron chi connectivity index (χ4n) is 3.51. The van der Waals surface area contributed by atoms with Crippen LogP contribution in [0.1, 0.15) is 51.6 Å². The van der Waals surface area contributed by atoms with Crippen LogP contribution in [0.25, 0.3) is 0 Å². The van der Waals surface area contributed by atoms with E-state index in [0.29, 0.717) is 5.56 Å². The van der Waals surface area contributed by atoms with E-state index in [0.717, 1.165) is 10.5 Å². The average molecular weight is 470 g/mol. The van der Waals surface area contributed by atoms with Gasteiger partial charge in [0.1, 0.15) is 0 Å². The van der Waals surface area contributed by atoms with Gasteiger partial charge >= 0.3 is 0 Å². The van der Waals surface area contributed by atoms with Crippen molar-refractivity contribution in [2.75, 3.05) is 4.72 Å². The van der Waals surface area contributed by atoms with Crippen LogP contribution in [0.3, 0.4) is 0 Å². The Morgan fingerprint density at radius 1 is 1.00 bits per heavy atom. The maximum absolute atomic E-state index is 13.1. The normalized spacial score (nSPS) is 13.6. The van der Waals surface area contributed by atoms with E-state index in [1.165, 1.54) is 24.3 Å². The molecule has 0 saturated carbocycles. The summed E-state index contributed by atoms with van der Waals surface area (Å²) in [7, 11) is -3.99. The molecule has 7 nitrogen and oxygen atoms in total. The van der Waals surface area contributed by atoms with E-state index in [1.54, 1.807) is 36.7 Å². The van der Waals surface area contributed by atoms with Gasteiger partial charge in [0.15, 0.2) is 0 Å². The SMILES string of the molecule is CC(C)c1ccc(S(=O)(=O)Nc2ccc(Cl)c3c2C(=O)N(Cc2cccnc2)C3=O)cc1. The number of imide groups is 1. The molecule has 0 aliphatic carbocycles. The maximum Gasteiger partial charge on any atom is 0.264 e. The summed E-state index contributed by atoms with van der Waals surface area (Å²) in [5.74, 6) is -0.945. The molecule has 0 radical (unpaired) electrons. The van der Waals surface area contributed by atoms with Crippen molar-refractivity contribution in [3.05, 3.63) is 88.2 Å². The molecule has 9 heteroatoms. The third-order valence-corrected chi connectivity index (χ3v) is 6.93. The lowest BCUT2D eigenvalue weighted by Gasteiger charge is -2.14. The number of nitrogens with one attached hydrogen (secondary N) is 1. The first-order valence-corrected chi connectivity index (χ1v) is 11.8. The molecule has 0 fully saturated rings.